The first-order valence-corrected chi connectivity index (χ1v) is 5.13. The Hall–Kier alpha value is -1.11. The third-order valence-corrected chi connectivity index (χ3v) is 2.81. The zero-order valence-electron chi connectivity index (χ0n) is 9.39. The highest BCUT2D eigenvalue weighted by Gasteiger charge is 2.22. The summed E-state index contributed by atoms with van der Waals surface area (Å²) in [6.45, 7) is 8.71. The molecule has 0 fully saturated rings. The lowest BCUT2D eigenvalue weighted by molar-refractivity contribution is 0.514. The standard InChI is InChI=1S/C13H17N/c1-9-5-10(2)12-7-13(3,4)14-8-11(12)6-9/h5-6,8H,7H2,1-4H3. The molecule has 1 nitrogen and oxygen atoms in total. The zero-order chi connectivity index (χ0) is 10.3. The van der Waals surface area contributed by atoms with Crippen LogP contribution in [0.25, 0.3) is 0 Å². The number of aryl methyl sites for hydroxylation is 2. The Morgan fingerprint density at radius 2 is 1.93 bits per heavy atom. The van der Waals surface area contributed by atoms with E-state index in [0.717, 1.165) is 6.42 Å². The molecule has 0 saturated heterocycles. The Bertz CT molecular complexity index is 400. The highest BCUT2D eigenvalue weighted by molar-refractivity contribution is 5.84. The summed E-state index contributed by atoms with van der Waals surface area (Å²) in [6, 6.07) is 4.48. The minimum absolute atomic E-state index is 0.0764. The summed E-state index contributed by atoms with van der Waals surface area (Å²) in [5.41, 5.74) is 5.58. The van der Waals surface area contributed by atoms with Crippen LogP contribution in [-0.4, -0.2) is 11.8 Å². The molecule has 0 saturated carbocycles. The summed E-state index contributed by atoms with van der Waals surface area (Å²) < 4.78 is 0. The van der Waals surface area contributed by atoms with E-state index in [1.54, 1.807) is 0 Å². The van der Waals surface area contributed by atoms with E-state index in [4.69, 9.17) is 0 Å². The number of benzene rings is 1. The van der Waals surface area contributed by atoms with Gasteiger partial charge in [-0.2, -0.15) is 0 Å². The summed E-state index contributed by atoms with van der Waals surface area (Å²) in [7, 11) is 0. The van der Waals surface area contributed by atoms with Gasteiger partial charge in [0.05, 0.1) is 5.54 Å². The molecule has 1 aromatic rings. The van der Waals surface area contributed by atoms with E-state index in [0.29, 0.717) is 0 Å². The molecule has 0 N–H and O–H groups in total. The average Bonchev–Trinajstić information content (AvgIpc) is 2.06. The predicted octanol–water partition coefficient (Wildman–Crippen LogP) is 3.06. The number of rotatable bonds is 0. The molecule has 0 unspecified atom stereocenters. The number of fused-ring (bicyclic) bond motifs is 1. The van der Waals surface area contributed by atoms with Crippen LogP contribution in [-0.2, 0) is 6.42 Å². The quantitative estimate of drug-likeness (QED) is 0.592. The van der Waals surface area contributed by atoms with Gasteiger partial charge >= 0.3 is 0 Å². The molecular weight excluding hydrogens is 170 g/mol. The topological polar surface area (TPSA) is 12.4 Å². The molecule has 0 atom stereocenters. The molecule has 14 heavy (non-hydrogen) atoms. The molecule has 1 aliphatic heterocycles. The maximum Gasteiger partial charge on any atom is 0.0592 e. The van der Waals surface area contributed by atoms with Crippen LogP contribution < -0.4 is 0 Å². The zero-order valence-corrected chi connectivity index (χ0v) is 9.39. The van der Waals surface area contributed by atoms with Gasteiger partial charge < -0.3 is 0 Å². The Kier molecular flexibility index (Phi) is 1.99. The van der Waals surface area contributed by atoms with Gasteiger partial charge in [0.2, 0.25) is 0 Å². The first kappa shape index (κ1) is 9.45. The summed E-state index contributed by atoms with van der Waals surface area (Å²) in [4.78, 5) is 4.56. The average molecular weight is 187 g/mol. The highest BCUT2D eigenvalue weighted by atomic mass is 14.8. The van der Waals surface area contributed by atoms with E-state index in [-0.39, 0.29) is 5.54 Å². The summed E-state index contributed by atoms with van der Waals surface area (Å²) in [6.07, 6.45) is 3.09. The molecule has 0 amide bonds. The largest absolute Gasteiger partial charge is 0.286 e. The smallest absolute Gasteiger partial charge is 0.0592 e. The van der Waals surface area contributed by atoms with Crippen LogP contribution in [0, 0.1) is 13.8 Å². The van der Waals surface area contributed by atoms with Crippen LogP contribution in [0.3, 0.4) is 0 Å². The third kappa shape index (κ3) is 1.59. The van der Waals surface area contributed by atoms with Gasteiger partial charge in [0, 0.05) is 6.21 Å². The molecule has 1 heteroatoms. The molecule has 74 valence electrons. The SMILES string of the molecule is Cc1cc(C)c2c(c1)C=NC(C)(C)C2. The second kappa shape index (κ2) is 2.94. The maximum atomic E-state index is 4.56. The van der Waals surface area contributed by atoms with Gasteiger partial charge in [-0.1, -0.05) is 17.7 Å². The van der Waals surface area contributed by atoms with Gasteiger partial charge in [0.15, 0.2) is 0 Å². The van der Waals surface area contributed by atoms with Crippen molar-refractivity contribution in [3.63, 3.8) is 0 Å². The minimum Gasteiger partial charge on any atom is -0.286 e. The van der Waals surface area contributed by atoms with E-state index in [1.165, 1.54) is 22.3 Å². The van der Waals surface area contributed by atoms with E-state index < -0.39 is 0 Å². The second-order valence-electron chi connectivity index (χ2n) is 4.90. The predicted molar refractivity (Wildman–Crippen MR) is 61.3 cm³/mol. The molecule has 1 aromatic carbocycles. The van der Waals surface area contributed by atoms with Crippen molar-refractivity contribution in [2.24, 2.45) is 4.99 Å². The number of hydrogen-bond donors (Lipinski definition) is 0. The van der Waals surface area contributed by atoms with Crippen LogP contribution in [0.5, 0.6) is 0 Å². The summed E-state index contributed by atoms with van der Waals surface area (Å²) >= 11 is 0. The van der Waals surface area contributed by atoms with Crippen molar-refractivity contribution in [2.75, 3.05) is 0 Å². The van der Waals surface area contributed by atoms with Crippen LogP contribution in [0.1, 0.15) is 36.1 Å². The fourth-order valence-corrected chi connectivity index (χ4v) is 2.11. The highest BCUT2D eigenvalue weighted by Crippen LogP contribution is 2.27. The number of hydrogen-bond acceptors (Lipinski definition) is 1. The molecule has 1 heterocycles. The monoisotopic (exact) mass is 187 g/mol. The van der Waals surface area contributed by atoms with Gasteiger partial charge in [-0.25, -0.2) is 0 Å². The van der Waals surface area contributed by atoms with Crippen LogP contribution in [0.15, 0.2) is 17.1 Å². The van der Waals surface area contributed by atoms with Crippen LogP contribution >= 0.6 is 0 Å². The minimum atomic E-state index is 0.0764. The summed E-state index contributed by atoms with van der Waals surface area (Å²) in [5.74, 6) is 0. The summed E-state index contributed by atoms with van der Waals surface area (Å²) in [5, 5.41) is 0. The van der Waals surface area contributed by atoms with E-state index in [2.05, 4.69) is 44.8 Å². The van der Waals surface area contributed by atoms with E-state index >= 15 is 0 Å². The van der Waals surface area contributed by atoms with Gasteiger partial charge in [0.1, 0.15) is 0 Å². The molecule has 0 radical (unpaired) electrons. The molecule has 0 spiro atoms. The van der Waals surface area contributed by atoms with Crippen molar-refractivity contribution in [3.05, 3.63) is 34.4 Å². The first-order valence-electron chi connectivity index (χ1n) is 5.13. The molecule has 2 rings (SSSR count). The molecule has 1 aliphatic rings. The van der Waals surface area contributed by atoms with E-state index in [9.17, 15) is 0 Å². The molecule has 0 aromatic heterocycles. The lowest BCUT2D eigenvalue weighted by Crippen LogP contribution is -2.25. The first-order chi connectivity index (χ1) is 6.48. The Morgan fingerprint density at radius 1 is 1.21 bits per heavy atom. The van der Waals surface area contributed by atoms with Gasteiger partial charge in [0.25, 0.3) is 0 Å². The van der Waals surface area contributed by atoms with Gasteiger partial charge in [-0.05, 0) is 50.8 Å². The van der Waals surface area contributed by atoms with Crippen molar-refractivity contribution in [1.29, 1.82) is 0 Å². The second-order valence-corrected chi connectivity index (χ2v) is 4.90. The number of nitrogens with zero attached hydrogens (tertiary/aromatic N) is 1. The Morgan fingerprint density at radius 3 is 2.64 bits per heavy atom. The Balaban J connectivity index is 2.56. The normalized spacial score (nSPS) is 18.0. The molecule has 0 bridgehead atoms. The van der Waals surface area contributed by atoms with Crippen LogP contribution in [0.2, 0.25) is 0 Å². The van der Waals surface area contributed by atoms with Crippen molar-refractivity contribution >= 4 is 6.21 Å². The van der Waals surface area contributed by atoms with E-state index in [1.807, 2.05) is 6.21 Å². The van der Waals surface area contributed by atoms with Crippen LogP contribution in [0.4, 0.5) is 0 Å². The van der Waals surface area contributed by atoms with Gasteiger partial charge in [-0.15, -0.1) is 0 Å². The van der Waals surface area contributed by atoms with Crippen molar-refractivity contribution in [1.82, 2.24) is 0 Å². The Labute approximate surface area is 85.9 Å². The fourth-order valence-electron chi connectivity index (χ4n) is 2.11. The third-order valence-electron chi connectivity index (χ3n) is 2.81. The van der Waals surface area contributed by atoms with Crippen molar-refractivity contribution < 1.29 is 0 Å². The van der Waals surface area contributed by atoms with Crippen molar-refractivity contribution in [2.45, 2.75) is 39.7 Å². The molecule has 0 aliphatic carbocycles. The number of aliphatic imine (C=N–C) groups is 1. The fraction of sp³-hybridized carbons (Fsp3) is 0.462. The lowest BCUT2D eigenvalue weighted by Gasteiger charge is -2.26. The van der Waals surface area contributed by atoms with Gasteiger partial charge in [-0.3, -0.25) is 4.99 Å². The maximum absolute atomic E-state index is 4.56. The van der Waals surface area contributed by atoms with Crippen molar-refractivity contribution in [3.8, 4) is 0 Å². The molecular formula is C13H17N. The lowest BCUT2D eigenvalue weighted by atomic mass is 9.86.